The molecule has 0 spiro atoms. The number of rotatable bonds is 3. The Bertz CT molecular complexity index is 718. The Kier molecular flexibility index (Phi) is 3.28. The van der Waals surface area contributed by atoms with Crippen LogP contribution in [0.5, 0.6) is 0 Å². The van der Waals surface area contributed by atoms with E-state index in [1.54, 1.807) is 31.5 Å². The lowest BCUT2D eigenvalue weighted by Crippen LogP contribution is -2.35. The van der Waals surface area contributed by atoms with E-state index < -0.39 is 28.8 Å². The fraction of sp³-hybridized carbons (Fsp3) is 0.167. The van der Waals surface area contributed by atoms with Gasteiger partial charge in [0.2, 0.25) is 0 Å². The molecule has 7 nitrogen and oxygen atoms in total. The first kappa shape index (κ1) is 12.7. The number of carbonyl (C=O) groups is 1. The molecule has 2 heterocycles. The Labute approximate surface area is 107 Å². The third-order valence-corrected chi connectivity index (χ3v) is 2.80. The minimum absolute atomic E-state index is 0.412. The van der Waals surface area contributed by atoms with Gasteiger partial charge in [-0.05, 0) is 24.6 Å². The highest BCUT2D eigenvalue weighted by atomic mass is 16.4. The van der Waals surface area contributed by atoms with Crippen LogP contribution in [0.15, 0.2) is 40.3 Å². The molecule has 0 aliphatic carbocycles. The number of nitrogens with one attached hydrogen (secondary N) is 1. The minimum atomic E-state index is -1.38. The zero-order valence-corrected chi connectivity index (χ0v) is 10.0. The lowest BCUT2D eigenvalue weighted by atomic mass is 10.1. The molecule has 2 aromatic heterocycles. The highest BCUT2D eigenvalue weighted by molar-refractivity contribution is 5.86. The van der Waals surface area contributed by atoms with Crippen LogP contribution in [0.2, 0.25) is 0 Å². The summed E-state index contributed by atoms with van der Waals surface area (Å²) in [6.45, 7) is 1.72. The maximum atomic E-state index is 11.7. The first-order valence-corrected chi connectivity index (χ1v) is 5.49. The molecule has 0 aliphatic rings. The van der Waals surface area contributed by atoms with E-state index >= 15 is 0 Å². The van der Waals surface area contributed by atoms with Gasteiger partial charge in [0.1, 0.15) is 5.56 Å². The van der Waals surface area contributed by atoms with E-state index in [4.69, 9.17) is 5.11 Å². The van der Waals surface area contributed by atoms with Gasteiger partial charge in [-0.25, -0.2) is 9.59 Å². The highest BCUT2D eigenvalue weighted by Crippen LogP contribution is 2.14. The summed E-state index contributed by atoms with van der Waals surface area (Å²) in [5, 5.41) is 8.89. The number of aromatic amines is 1. The van der Waals surface area contributed by atoms with Crippen molar-refractivity contribution in [1.29, 1.82) is 0 Å². The molecular weight excluding hydrogens is 250 g/mol. The van der Waals surface area contributed by atoms with Gasteiger partial charge >= 0.3 is 11.7 Å². The number of nitrogens with zero attached hydrogens (tertiary/aromatic N) is 2. The Morgan fingerprint density at radius 1 is 1.37 bits per heavy atom. The first-order chi connectivity index (χ1) is 9.00. The van der Waals surface area contributed by atoms with E-state index in [1.807, 2.05) is 4.98 Å². The lowest BCUT2D eigenvalue weighted by molar-refractivity contribution is 0.0693. The largest absolute Gasteiger partial charge is 0.477 e. The second-order valence-corrected chi connectivity index (χ2v) is 3.97. The SMILES string of the molecule is CC(c1ccncc1)n1cc(C(=O)O)c(=O)[nH]c1=O. The monoisotopic (exact) mass is 261 g/mol. The summed E-state index contributed by atoms with van der Waals surface area (Å²) >= 11 is 0. The van der Waals surface area contributed by atoms with Crippen molar-refractivity contribution in [3.8, 4) is 0 Å². The molecule has 0 saturated heterocycles. The van der Waals surface area contributed by atoms with Gasteiger partial charge in [0, 0.05) is 18.6 Å². The normalized spacial score (nSPS) is 12.1. The van der Waals surface area contributed by atoms with Crippen molar-refractivity contribution in [2.24, 2.45) is 0 Å². The van der Waals surface area contributed by atoms with Crippen LogP contribution in [0.3, 0.4) is 0 Å². The summed E-state index contributed by atoms with van der Waals surface area (Å²) in [6.07, 6.45) is 4.19. The van der Waals surface area contributed by atoms with Gasteiger partial charge in [-0.1, -0.05) is 0 Å². The Hall–Kier alpha value is -2.70. The van der Waals surface area contributed by atoms with E-state index in [2.05, 4.69) is 4.98 Å². The number of aromatic carboxylic acids is 1. The topological polar surface area (TPSA) is 105 Å². The molecule has 0 amide bonds. The van der Waals surface area contributed by atoms with E-state index in [1.165, 1.54) is 4.57 Å². The van der Waals surface area contributed by atoms with Gasteiger partial charge in [-0.3, -0.25) is 19.3 Å². The molecule has 7 heteroatoms. The van der Waals surface area contributed by atoms with Crippen LogP contribution in [0.1, 0.15) is 28.9 Å². The molecule has 0 aromatic carbocycles. The molecule has 1 atom stereocenters. The quantitative estimate of drug-likeness (QED) is 0.823. The van der Waals surface area contributed by atoms with E-state index in [-0.39, 0.29) is 0 Å². The number of carboxylic acid groups (broad SMARTS) is 1. The zero-order valence-electron chi connectivity index (χ0n) is 10.0. The molecule has 0 radical (unpaired) electrons. The van der Waals surface area contributed by atoms with Crippen LogP contribution in [0.25, 0.3) is 0 Å². The second kappa shape index (κ2) is 4.89. The lowest BCUT2D eigenvalue weighted by Gasteiger charge is -2.15. The summed E-state index contributed by atoms with van der Waals surface area (Å²) in [7, 11) is 0. The number of hydrogen-bond acceptors (Lipinski definition) is 4. The van der Waals surface area contributed by atoms with Gasteiger partial charge in [-0.2, -0.15) is 0 Å². The highest BCUT2D eigenvalue weighted by Gasteiger charge is 2.15. The van der Waals surface area contributed by atoms with Crippen molar-refractivity contribution in [2.75, 3.05) is 0 Å². The van der Waals surface area contributed by atoms with Crippen molar-refractivity contribution in [1.82, 2.24) is 14.5 Å². The van der Waals surface area contributed by atoms with Gasteiger partial charge in [-0.15, -0.1) is 0 Å². The van der Waals surface area contributed by atoms with Crippen LogP contribution in [-0.4, -0.2) is 25.6 Å². The molecule has 2 aromatic rings. The van der Waals surface area contributed by atoms with E-state index in [9.17, 15) is 14.4 Å². The van der Waals surface area contributed by atoms with Crippen molar-refractivity contribution in [2.45, 2.75) is 13.0 Å². The first-order valence-electron chi connectivity index (χ1n) is 5.49. The standard InChI is InChI=1S/C12H11N3O4/c1-7(8-2-4-13-5-3-8)15-6-9(11(17)18)10(16)14-12(15)19/h2-7H,1H3,(H,17,18)(H,14,16,19). The van der Waals surface area contributed by atoms with Crippen LogP contribution in [0.4, 0.5) is 0 Å². The minimum Gasteiger partial charge on any atom is -0.477 e. The van der Waals surface area contributed by atoms with Crippen molar-refractivity contribution >= 4 is 5.97 Å². The van der Waals surface area contributed by atoms with E-state index in [0.29, 0.717) is 0 Å². The van der Waals surface area contributed by atoms with Crippen LogP contribution < -0.4 is 11.2 Å². The summed E-state index contributed by atoms with van der Waals surface area (Å²) in [5.41, 5.74) is -1.25. The van der Waals surface area contributed by atoms with Gasteiger partial charge in [0.15, 0.2) is 0 Å². The molecule has 0 aliphatic heterocycles. The van der Waals surface area contributed by atoms with Crippen LogP contribution in [-0.2, 0) is 0 Å². The molecule has 2 N–H and O–H groups in total. The third kappa shape index (κ3) is 2.44. The number of H-pyrrole nitrogens is 1. The Morgan fingerprint density at radius 3 is 2.58 bits per heavy atom. The molecule has 0 bridgehead atoms. The molecule has 98 valence electrons. The fourth-order valence-corrected chi connectivity index (χ4v) is 1.73. The summed E-state index contributed by atoms with van der Waals surface area (Å²) in [5.74, 6) is -1.38. The average Bonchev–Trinajstić information content (AvgIpc) is 2.38. The maximum absolute atomic E-state index is 11.7. The number of pyridine rings is 1. The van der Waals surface area contributed by atoms with Crippen molar-refractivity contribution in [3.05, 3.63) is 62.7 Å². The van der Waals surface area contributed by atoms with Crippen LogP contribution >= 0.6 is 0 Å². The molecule has 1 unspecified atom stereocenters. The summed E-state index contributed by atoms with van der Waals surface area (Å²) < 4.78 is 1.17. The number of aromatic nitrogens is 3. The molecular formula is C12H11N3O4. The zero-order chi connectivity index (χ0) is 14.0. The molecule has 0 fully saturated rings. The predicted octanol–water partition coefficient (Wildman–Crippen LogP) is 0.239. The second-order valence-electron chi connectivity index (χ2n) is 3.97. The average molecular weight is 261 g/mol. The molecule has 2 rings (SSSR count). The van der Waals surface area contributed by atoms with Gasteiger partial charge in [0.05, 0.1) is 6.04 Å². The van der Waals surface area contributed by atoms with E-state index in [0.717, 1.165) is 11.8 Å². The summed E-state index contributed by atoms with van der Waals surface area (Å²) in [6, 6.07) is 3.01. The predicted molar refractivity (Wildman–Crippen MR) is 66.3 cm³/mol. The molecule has 0 saturated carbocycles. The third-order valence-electron chi connectivity index (χ3n) is 2.80. The smallest absolute Gasteiger partial charge is 0.342 e. The number of carboxylic acids is 1. The van der Waals surface area contributed by atoms with Crippen molar-refractivity contribution in [3.63, 3.8) is 0 Å². The fourth-order valence-electron chi connectivity index (χ4n) is 1.73. The molecule has 19 heavy (non-hydrogen) atoms. The van der Waals surface area contributed by atoms with Gasteiger partial charge < -0.3 is 5.11 Å². The number of hydrogen-bond donors (Lipinski definition) is 2. The van der Waals surface area contributed by atoms with Crippen LogP contribution in [0, 0.1) is 0 Å². The van der Waals surface area contributed by atoms with Gasteiger partial charge in [0.25, 0.3) is 5.56 Å². The Morgan fingerprint density at radius 2 is 2.00 bits per heavy atom. The maximum Gasteiger partial charge on any atom is 0.342 e. The van der Waals surface area contributed by atoms with Crippen molar-refractivity contribution < 1.29 is 9.90 Å². The summed E-state index contributed by atoms with van der Waals surface area (Å²) in [4.78, 5) is 39.8. The Balaban J connectivity index is 2.57.